The number of hydrogen-bond donors (Lipinski definition) is 1. The Morgan fingerprint density at radius 1 is 1.27 bits per heavy atom. The maximum Gasteiger partial charge on any atom is 0.307 e. The smallest absolute Gasteiger partial charge is 0.307 e. The molecule has 1 aromatic heterocycles. The van der Waals surface area contributed by atoms with E-state index in [0.29, 0.717) is 30.3 Å². The number of carboxylic acid groups (broad SMARTS) is 1. The van der Waals surface area contributed by atoms with Crippen LogP contribution in [0, 0.1) is 11.8 Å². The van der Waals surface area contributed by atoms with Crippen molar-refractivity contribution in [3.8, 4) is 0 Å². The first-order chi connectivity index (χ1) is 14.2. The molecule has 2 atom stereocenters. The highest BCUT2D eigenvalue weighted by atomic mass is 32.2. The SMILES string of the molecule is CC(C)(C)c1nc2cc(S(=O)N3CCC(C(=O)O)C3)ccc2n1CC1CCOCC1. The third kappa shape index (κ3) is 4.31. The first-order valence-electron chi connectivity index (χ1n) is 10.7. The van der Waals surface area contributed by atoms with Gasteiger partial charge in [-0.2, -0.15) is 0 Å². The largest absolute Gasteiger partial charge is 0.481 e. The van der Waals surface area contributed by atoms with Gasteiger partial charge in [-0.05, 0) is 43.4 Å². The topological polar surface area (TPSA) is 84.7 Å². The van der Waals surface area contributed by atoms with Gasteiger partial charge in [-0.3, -0.25) is 4.79 Å². The number of fused-ring (bicyclic) bond motifs is 1. The fourth-order valence-electron chi connectivity index (χ4n) is 4.39. The summed E-state index contributed by atoms with van der Waals surface area (Å²) < 4.78 is 22.7. The molecule has 0 spiro atoms. The lowest BCUT2D eigenvalue weighted by Crippen LogP contribution is -2.25. The van der Waals surface area contributed by atoms with E-state index in [9.17, 15) is 14.1 Å². The number of imidazole rings is 1. The predicted molar refractivity (Wildman–Crippen MR) is 116 cm³/mol. The minimum atomic E-state index is -1.37. The fraction of sp³-hybridized carbons (Fsp3) is 0.636. The molecule has 0 radical (unpaired) electrons. The summed E-state index contributed by atoms with van der Waals surface area (Å²) in [5, 5.41) is 9.22. The highest BCUT2D eigenvalue weighted by Crippen LogP contribution is 2.31. The molecular weight excluding hydrogens is 402 g/mol. The molecule has 1 aromatic carbocycles. The standard InChI is InChI=1S/C22H31N3O4S/c1-22(2,3)21-23-18-12-17(30(28)24-9-6-16(14-24)20(26)27)4-5-19(18)25(21)13-15-7-10-29-11-8-15/h4-5,12,15-16H,6-11,13-14H2,1-3H3,(H,26,27). The van der Waals surface area contributed by atoms with Gasteiger partial charge in [0.15, 0.2) is 0 Å². The molecule has 3 heterocycles. The maximum atomic E-state index is 13.1. The molecule has 2 aliphatic heterocycles. The Morgan fingerprint density at radius 2 is 2.00 bits per heavy atom. The molecule has 0 saturated carbocycles. The average Bonchev–Trinajstić information content (AvgIpc) is 3.33. The van der Waals surface area contributed by atoms with Gasteiger partial charge in [0.2, 0.25) is 0 Å². The summed E-state index contributed by atoms with van der Waals surface area (Å²) in [7, 11) is -1.37. The highest BCUT2D eigenvalue weighted by Gasteiger charge is 2.32. The molecule has 164 valence electrons. The minimum absolute atomic E-state index is 0.104. The van der Waals surface area contributed by atoms with Crippen molar-refractivity contribution in [2.24, 2.45) is 11.8 Å². The maximum absolute atomic E-state index is 13.1. The predicted octanol–water partition coefficient (Wildman–Crippen LogP) is 3.19. The molecule has 0 aliphatic carbocycles. The van der Waals surface area contributed by atoms with E-state index in [1.807, 2.05) is 18.2 Å². The molecule has 8 heteroatoms. The van der Waals surface area contributed by atoms with Crippen molar-refractivity contribution in [2.75, 3.05) is 26.3 Å². The number of aromatic nitrogens is 2. The molecule has 2 aromatic rings. The Balaban J connectivity index is 1.64. The monoisotopic (exact) mass is 433 g/mol. The Morgan fingerprint density at radius 3 is 2.63 bits per heavy atom. The van der Waals surface area contributed by atoms with Crippen LogP contribution < -0.4 is 0 Å². The normalized spacial score (nSPS) is 22.6. The Kier molecular flexibility index (Phi) is 6.01. The van der Waals surface area contributed by atoms with Crippen LogP contribution in [0.1, 0.15) is 45.9 Å². The summed E-state index contributed by atoms with van der Waals surface area (Å²) >= 11 is 0. The highest BCUT2D eigenvalue weighted by molar-refractivity contribution is 7.82. The van der Waals surface area contributed by atoms with Crippen LogP contribution in [0.4, 0.5) is 0 Å². The van der Waals surface area contributed by atoms with Gasteiger partial charge in [0, 0.05) is 38.3 Å². The molecule has 30 heavy (non-hydrogen) atoms. The third-order valence-electron chi connectivity index (χ3n) is 6.11. The van der Waals surface area contributed by atoms with Crippen molar-refractivity contribution < 1.29 is 18.8 Å². The summed E-state index contributed by atoms with van der Waals surface area (Å²) in [4.78, 5) is 16.9. The molecule has 4 rings (SSSR count). The second kappa shape index (κ2) is 8.40. The van der Waals surface area contributed by atoms with Gasteiger partial charge in [0.1, 0.15) is 16.8 Å². The zero-order valence-corrected chi connectivity index (χ0v) is 18.8. The van der Waals surface area contributed by atoms with E-state index in [2.05, 4.69) is 25.3 Å². The molecule has 2 unspecified atom stereocenters. The van der Waals surface area contributed by atoms with E-state index in [1.54, 1.807) is 4.31 Å². The van der Waals surface area contributed by atoms with Crippen LogP contribution in [0.3, 0.4) is 0 Å². The number of benzene rings is 1. The van der Waals surface area contributed by atoms with Gasteiger partial charge in [0.25, 0.3) is 0 Å². The van der Waals surface area contributed by atoms with Crippen molar-refractivity contribution in [3.63, 3.8) is 0 Å². The molecule has 0 bridgehead atoms. The van der Waals surface area contributed by atoms with Crippen LogP contribution >= 0.6 is 0 Å². The summed E-state index contributed by atoms with van der Waals surface area (Å²) in [5.41, 5.74) is 1.82. The number of aliphatic carboxylic acids is 1. The molecule has 1 N–H and O–H groups in total. The van der Waals surface area contributed by atoms with Gasteiger partial charge >= 0.3 is 5.97 Å². The quantitative estimate of drug-likeness (QED) is 0.783. The minimum Gasteiger partial charge on any atom is -0.481 e. The molecular formula is C22H31N3O4S. The van der Waals surface area contributed by atoms with Crippen LogP contribution in [-0.4, -0.2) is 55.4 Å². The fourth-order valence-corrected chi connectivity index (χ4v) is 5.67. The number of carboxylic acids is 1. The molecule has 7 nitrogen and oxygen atoms in total. The van der Waals surface area contributed by atoms with E-state index in [4.69, 9.17) is 9.72 Å². The van der Waals surface area contributed by atoms with Crippen molar-refractivity contribution in [3.05, 3.63) is 24.0 Å². The zero-order chi connectivity index (χ0) is 21.5. The van der Waals surface area contributed by atoms with Crippen LogP contribution in [0.2, 0.25) is 0 Å². The van der Waals surface area contributed by atoms with E-state index >= 15 is 0 Å². The Hall–Kier alpha value is -1.77. The third-order valence-corrected chi connectivity index (χ3v) is 7.57. The Labute approximate surface area is 180 Å². The van der Waals surface area contributed by atoms with Gasteiger partial charge in [-0.1, -0.05) is 20.8 Å². The van der Waals surface area contributed by atoms with Gasteiger partial charge in [0.05, 0.1) is 21.8 Å². The molecule has 2 fully saturated rings. The number of carbonyl (C=O) groups is 1. The summed E-state index contributed by atoms with van der Waals surface area (Å²) in [5.74, 6) is 0.359. The lowest BCUT2D eigenvalue weighted by atomic mass is 9.94. The van der Waals surface area contributed by atoms with Crippen molar-refractivity contribution in [1.82, 2.24) is 13.9 Å². The van der Waals surface area contributed by atoms with Crippen LogP contribution in [0.15, 0.2) is 23.1 Å². The second-order valence-corrected chi connectivity index (χ2v) is 10.9. The van der Waals surface area contributed by atoms with E-state index < -0.39 is 22.9 Å². The van der Waals surface area contributed by atoms with Crippen molar-refractivity contribution in [1.29, 1.82) is 0 Å². The summed E-state index contributed by atoms with van der Waals surface area (Å²) in [6.07, 6.45) is 2.66. The second-order valence-electron chi connectivity index (χ2n) is 9.46. The van der Waals surface area contributed by atoms with Gasteiger partial charge in [-0.25, -0.2) is 13.5 Å². The van der Waals surface area contributed by atoms with Crippen LogP contribution in [0.25, 0.3) is 11.0 Å². The van der Waals surface area contributed by atoms with E-state index in [1.165, 1.54) is 0 Å². The Bertz CT molecular complexity index is 959. The number of hydrogen-bond acceptors (Lipinski definition) is 4. The molecule has 2 aliphatic rings. The van der Waals surface area contributed by atoms with Crippen molar-refractivity contribution >= 4 is 28.0 Å². The lowest BCUT2D eigenvalue weighted by molar-refractivity contribution is -0.141. The lowest BCUT2D eigenvalue weighted by Gasteiger charge is -2.26. The summed E-state index contributed by atoms with van der Waals surface area (Å²) in [6.45, 7) is 9.93. The number of rotatable bonds is 5. The summed E-state index contributed by atoms with van der Waals surface area (Å²) in [6, 6.07) is 5.84. The molecule has 0 amide bonds. The first kappa shape index (κ1) is 21.5. The van der Waals surface area contributed by atoms with E-state index in [-0.39, 0.29) is 5.41 Å². The van der Waals surface area contributed by atoms with Crippen LogP contribution in [-0.2, 0) is 32.5 Å². The number of nitrogens with zero attached hydrogens (tertiary/aromatic N) is 3. The van der Waals surface area contributed by atoms with Crippen molar-refractivity contribution in [2.45, 2.75) is 56.9 Å². The average molecular weight is 434 g/mol. The molecule has 2 saturated heterocycles. The van der Waals surface area contributed by atoms with Crippen LogP contribution in [0.5, 0.6) is 0 Å². The first-order valence-corrected chi connectivity index (χ1v) is 11.8. The van der Waals surface area contributed by atoms with Gasteiger partial charge in [-0.15, -0.1) is 0 Å². The number of ether oxygens (including phenoxy) is 1. The van der Waals surface area contributed by atoms with Gasteiger partial charge < -0.3 is 14.4 Å². The van der Waals surface area contributed by atoms with E-state index in [0.717, 1.165) is 49.5 Å². The zero-order valence-electron chi connectivity index (χ0n) is 18.0.